The molecule has 1 N–H and O–H groups in total. The van der Waals surface area contributed by atoms with Gasteiger partial charge in [-0.2, -0.15) is 13.2 Å². The molecule has 0 fully saturated rings. The van der Waals surface area contributed by atoms with Crippen LogP contribution in [0, 0.1) is 0 Å². The summed E-state index contributed by atoms with van der Waals surface area (Å²) in [4.78, 5) is 22.2. The van der Waals surface area contributed by atoms with Crippen LogP contribution in [0.2, 0.25) is 0 Å². The van der Waals surface area contributed by atoms with Crippen LogP contribution < -0.4 is 16.2 Å². The minimum absolute atomic E-state index is 0.0933. The van der Waals surface area contributed by atoms with Gasteiger partial charge >= 0.3 is 13.0 Å². The number of pyridine rings is 1. The normalized spacial score (nSPS) is 12.5. The molecule has 8 heteroatoms. The fourth-order valence-corrected chi connectivity index (χ4v) is 4.22. The lowest BCUT2D eigenvalue weighted by atomic mass is 9.51. The maximum Gasteiger partial charge on any atom is 0.432 e. The van der Waals surface area contributed by atoms with Crippen molar-refractivity contribution in [2.45, 2.75) is 19.5 Å². The van der Waals surface area contributed by atoms with E-state index in [1.807, 2.05) is 12.1 Å². The summed E-state index contributed by atoms with van der Waals surface area (Å²) in [5, 5.41) is 3.03. The fourth-order valence-electron chi connectivity index (χ4n) is 4.22. The Bertz CT molecular complexity index is 1390. The molecule has 4 rings (SSSR count). The first-order valence-electron chi connectivity index (χ1n) is 12.5. The number of rotatable bonds is 10. The summed E-state index contributed by atoms with van der Waals surface area (Å²) in [7, 11) is 0. The summed E-state index contributed by atoms with van der Waals surface area (Å²) >= 11 is 0. The van der Waals surface area contributed by atoms with E-state index in [1.165, 1.54) is 19.1 Å². The van der Waals surface area contributed by atoms with E-state index in [0.29, 0.717) is 23.9 Å². The number of nitrogens with zero attached hydrogens (tertiary/aromatic N) is 2. The maximum absolute atomic E-state index is 14.8. The van der Waals surface area contributed by atoms with Gasteiger partial charge in [-0.25, -0.2) is 0 Å². The predicted molar refractivity (Wildman–Crippen MR) is 151 cm³/mol. The van der Waals surface area contributed by atoms with Crippen molar-refractivity contribution in [3.05, 3.63) is 138 Å². The second-order valence-electron chi connectivity index (χ2n) is 8.89. The van der Waals surface area contributed by atoms with E-state index in [1.54, 1.807) is 91.1 Å². The largest absolute Gasteiger partial charge is 0.432 e. The predicted octanol–water partition coefficient (Wildman–Crippen LogP) is 5.18. The molecule has 0 bridgehead atoms. The number of halogens is 3. The van der Waals surface area contributed by atoms with Crippen LogP contribution >= 0.6 is 0 Å². The summed E-state index contributed by atoms with van der Waals surface area (Å²) in [5.41, 5.74) is 0.452. The molecule has 0 saturated heterocycles. The first-order chi connectivity index (χ1) is 18.8. The molecule has 0 aliphatic heterocycles. The molecule has 4 nitrogen and oxygen atoms in total. The van der Waals surface area contributed by atoms with E-state index in [2.05, 4.69) is 15.2 Å². The highest BCUT2D eigenvalue weighted by molar-refractivity contribution is 6.84. The first kappa shape index (κ1) is 27.6. The van der Waals surface area contributed by atoms with E-state index in [4.69, 9.17) is 0 Å². The molecule has 0 saturated carbocycles. The van der Waals surface area contributed by atoms with E-state index >= 15 is 0 Å². The monoisotopic (exact) mass is 525 g/mol. The van der Waals surface area contributed by atoms with Crippen molar-refractivity contribution in [1.82, 2.24) is 10.3 Å². The molecular formula is C31H27BF3N3O. The van der Waals surface area contributed by atoms with Gasteiger partial charge in [-0.05, 0) is 30.0 Å². The molecule has 196 valence electrons. The Morgan fingerprint density at radius 1 is 0.821 bits per heavy atom. The molecule has 0 radical (unpaired) electrons. The molecular weight excluding hydrogens is 498 g/mol. The number of hydrogen-bond donors (Lipinski definition) is 1. The zero-order valence-corrected chi connectivity index (χ0v) is 21.4. The minimum Gasteiger partial charge on any atom is -0.388 e. The number of benzene rings is 3. The Labute approximate surface area is 226 Å². The zero-order chi connectivity index (χ0) is 27.7. The van der Waals surface area contributed by atoms with Crippen molar-refractivity contribution >= 4 is 29.3 Å². The average molecular weight is 525 g/mol. The van der Waals surface area contributed by atoms with Gasteiger partial charge in [0.15, 0.2) is 5.78 Å². The lowest BCUT2D eigenvalue weighted by Crippen LogP contribution is -2.44. The first-order valence-corrected chi connectivity index (χ1v) is 12.5. The number of carbonyl (C=O) groups is 1. The van der Waals surface area contributed by atoms with Crippen LogP contribution in [0.5, 0.6) is 0 Å². The topological polar surface area (TPSA) is 54.4 Å². The highest BCUT2D eigenvalue weighted by Gasteiger charge is 2.42. The van der Waals surface area contributed by atoms with E-state index in [0.717, 1.165) is 5.69 Å². The number of ketones is 1. The van der Waals surface area contributed by atoms with E-state index in [-0.39, 0.29) is 11.3 Å². The second-order valence-corrected chi connectivity index (χ2v) is 8.89. The van der Waals surface area contributed by atoms with Crippen LogP contribution in [0.25, 0.3) is 0 Å². The maximum atomic E-state index is 14.8. The molecule has 0 atom stereocenters. The van der Waals surface area contributed by atoms with Crippen molar-refractivity contribution in [1.29, 1.82) is 0 Å². The summed E-state index contributed by atoms with van der Waals surface area (Å²) in [5.74, 6) is -0.755. The van der Waals surface area contributed by atoms with Crippen molar-refractivity contribution in [3.63, 3.8) is 0 Å². The molecule has 0 spiro atoms. The molecule has 0 aliphatic rings. The Morgan fingerprint density at radius 2 is 1.36 bits per heavy atom. The molecule has 0 amide bonds. The Kier molecular flexibility index (Phi) is 9.10. The van der Waals surface area contributed by atoms with Crippen molar-refractivity contribution < 1.29 is 18.0 Å². The minimum atomic E-state index is -4.90. The van der Waals surface area contributed by atoms with E-state index in [9.17, 15) is 18.0 Å². The quantitative estimate of drug-likeness (QED) is 0.134. The number of allylic oxidation sites excluding steroid dienone is 2. The van der Waals surface area contributed by atoms with Gasteiger partial charge in [0.05, 0.1) is 5.57 Å². The highest BCUT2D eigenvalue weighted by atomic mass is 19.4. The number of hydrogen-bond acceptors (Lipinski definition) is 4. The molecule has 0 unspecified atom stereocenters. The van der Waals surface area contributed by atoms with Crippen molar-refractivity contribution in [2.24, 2.45) is 4.90 Å². The van der Waals surface area contributed by atoms with Gasteiger partial charge in [0.2, 0.25) is 0 Å². The third-order valence-corrected chi connectivity index (χ3v) is 6.13. The Balaban J connectivity index is 1.84. The zero-order valence-electron chi connectivity index (χ0n) is 21.4. The second kappa shape index (κ2) is 12.9. The molecule has 39 heavy (non-hydrogen) atoms. The third-order valence-electron chi connectivity index (χ3n) is 6.13. The van der Waals surface area contributed by atoms with E-state index < -0.39 is 30.1 Å². The SMILES string of the molecule is C/C(NCCc1ccccn1)=C(C(=O)c1ccccc1)/C(=N/B(c1ccccc1)c1ccccc1)C(F)(F)F. The van der Waals surface area contributed by atoms with Crippen LogP contribution in [0.1, 0.15) is 23.0 Å². The van der Waals surface area contributed by atoms with Gasteiger partial charge in [-0.15, -0.1) is 0 Å². The molecule has 0 aliphatic carbocycles. The van der Waals surface area contributed by atoms with Crippen molar-refractivity contribution in [2.75, 3.05) is 6.54 Å². The third kappa shape index (κ3) is 7.32. The summed E-state index contributed by atoms with van der Waals surface area (Å²) < 4.78 is 44.5. The van der Waals surface area contributed by atoms with Gasteiger partial charge in [0, 0.05) is 36.1 Å². The molecule has 1 aromatic heterocycles. The Hall–Kier alpha value is -4.46. The smallest absolute Gasteiger partial charge is 0.388 e. The lowest BCUT2D eigenvalue weighted by molar-refractivity contribution is -0.0581. The highest BCUT2D eigenvalue weighted by Crippen LogP contribution is 2.27. The van der Waals surface area contributed by atoms with Crippen LogP contribution in [-0.4, -0.2) is 36.0 Å². The van der Waals surface area contributed by atoms with Gasteiger partial charge in [-0.3, -0.25) is 9.78 Å². The molecule has 3 aromatic carbocycles. The van der Waals surface area contributed by atoms with Gasteiger partial charge in [-0.1, -0.05) is 97.1 Å². The fraction of sp³-hybridized carbons (Fsp3) is 0.129. The summed E-state index contributed by atoms with van der Waals surface area (Å²) in [6.07, 6.45) is -2.77. The van der Waals surface area contributed by atoms with Crippen molar-refractivity contribution in [3.8, 4) is 0 Å². The average Bonchev–Trinajstić information content (AvgIpc) is 2.96. The number of carbonyl (C=O) groups excluding carboxylic acids is 1. The molecule has 1 heterocycles. The van der Waals surface area contributed by atoms with Crippen LogP contribution in [-0.2, 0) is 6.42 Å². The summed E-state index contributed by atoms with van der Waals surface area (Å²) in [6, 6.07) is 31.0. The lowest BCUT2D eigenvalue weighted by Gasteiger charge is -2.20. The van der Waals surface area contributed by atoms with Crippen LogP contribution in [0.15, 0.2) is 132 Å². The van der Waals surface area contributed by atoms with Crippen LogP contribution in [0.4, 0.5) is 13.2 Å². The number of nitrogens with one attached hydrogen (secondary N) is 1. The van der Waals surface area contributed by atoms with Gasteiger partial charge in [0.25, 0.3) is 0 Å². The Morgan fingerprint density at radius 3 is 1.87 bits per heavy atom. The van der Waals surface area contributed by atoms with Crippen LogP contribution in [0.3, 0.4) is 0 Å². The number of alkyl halides is 3. The number of aromatic nitrogens is 1. The molecule has 4 aromatic rings. The van der Waals surface area contributed by atoms with Gasteiger partial charge < -0.3 is 10.2 Å². The standard InChI is InChI=1S/C31H27BF3N3O/c1-23(36-22-20-27-19-11-12-21-37-27)28(29(39)24-13-5-2-6-14-24)30(31(33,34)35)38-32(25-15-7-3-8-16-25)26-17-9-4-10-18-26/h2-19,21,36H,20,22H2,1H3/b28-23-,38-30-. The number of Topliss-reactive ketones (excluding diaryl/α,β-unsaturated/α-hetero) is 1. The summed E-state index contributed by atoms with van der Waals surface area (Å²) in [6.45, 7) is 0.805. The van der Waals surface area contributed by atoms with Gasteiger partial charge in [0.1, 0.15) is 5.71 Å².